The van der Waals surface area contributed by atoms with Gasteiger partial charge in [-0.3, -0.25) is 9.78 Å². The lowest BCUT2D eigenvalue weighted by Gasteiger charge is -2.17. The summed E-state index contributed by atoms with van der Waals surface area (Å²) in [5.41, 5.74) is 4.46. The van der Waals surface area contributed by atoms with Gasteiger partial charge in [-0.15, -0.1) is 11.3 Å². The molecule has 7 heteroatoms. The van der Waals surface area contributed by atoms with Crippen molar-refractivity contribution in [2.75, 3.05) is 5.32 Å². The van der Waals surface area contributed by atoms with Crippen LogP contribution in [0.15, 0.2) is 93.5 Å². The van der Waals surface area contributed by atoms with Crippen molar-refractivity contribution in [2.45, 2.75) is 5.92 Å². The van der Waals surface area contributed by atoms with Crippen LogP contribution in [0.2, 0.25) is 0 Å². The van der Waals surface area contributed by atoms with Crippen LogP contribution in [0.25, 0.3) is 22.4 Å². The Hall–Kier alpha value is -3.97. The number of aromatic nitrogens is 2. The van der Waals surface area contributed by atoms with Gasteiger partial charge < -0.3 is 9.73 Å². The van der Waals surface area contributed by atoms with E-state index in [4.69, 9.17) is 4.42 Å². The number of hydrogen-bond acceptors (Lipinski definition) is 5. The van der Waals surface area contributed by atoms with Gasteiger partial charge >= 0.3 is 5.76 Å². The monoisotopic (exact) mass is 427 g/mol. The molecule has 2 N–H and O–H groups in total. The fraction of sp³-hybridized carbons (Fsp3) is 0.0417. The number of H-pyrrole nitrogens is 1. The van der Waals surface area contributed by atoms with Gasteiger partial charge in [-0.2, -0.15) is 0 Å². The number of hydrogen-bond donors (Lipinski definition) is 2. The first-order valence-corrected chi connectivity index (χ1v) is 10.5. The van der Waals surface area contributed by atoms with E-state index >= 15 is 0 Å². The maximum Gasteiger partial charge on any atom is 0.417 e. The summed E-state index contributed by atoms with van der Waals surface area (Å²) in [5, 5.41) is 5.34. The van der Waals surface area contributed by atoms with E-state index in [1.165, 1.54) is 11.3 Å². The first kappa shape index (κ1) is 19.0. The molecule has 1 amide bonds. The van der Waals surface area contributed by atoms with E-state index < -0.39 is 11.7 Å². The van der Waals surface area contributed by atoms with E-state index in [1.54, 1.807) is 12.1 Å². The molecular formula is C24H17N3O3S. The second kappa shape index (κ2) is 8.04. The van der Waals surface area contributed by atoms with Gasteiger partial charge in [0.05, 0.1) is 17.1 Å². The van der Waals surface area contributed by atoms with Gasteiger partial charge in [-0.05, 0) is 29.3 Å². The molecule has 0 saturated carbocycles. The minimum atomic E-state index is -0.494. The summed E-state index contributed by atoms with van der Waals surface area (Å²) in [4.78, 5) is 31.8. The molecule has 0 aliphatic carbocycles. The maximum absolute atomic E-state index is 13.2. The molecule has 0 saturated heterocycles. The van der Waals surface area contributed by atoms with Crippen LogP contribution in [-0.4, -0.2) is 15.9 Å². The molecule has 2 aromatic heterocycles. The highest BCUT2D eigenvalue weighted by molar-refractivity contribution is 7.14. The molecule has 0 unspecified atom stereocenters. The third kappa shape index (κ3) is 3.91. The molecule has 3 aromatic carbocycles. The molecule has 5 rings (SSSR count). The van der Waals surface area contributed by atoms with Crippen LogP contribution >= 0.6 is 11.3 Å². The topological polar surface area (TPSA) is 88.0 Å². The summed E-state index contributed by atoms with van der Waals surface area (Å²) in [5.74, 6) is -1.08. The number of carbonyl (C=O) groups excluding carboxylic acids is 1. The number of nitrogens with zero attached hydrogens (tertiary/aromatic N) is 1. The zero-order chi connectivity index (χ0) is 21.2. The zero-order valence-electron chi connectivity index (χ0n) is 16.2. The normalized spacial score (nSPS) is 11.1. The van der Waals surface area contributed by atoms with Crippen LogP contribution in [0.3, 0.4) is 0 Å². The predicted octanol–water partition coefficient (Wildman–Crippen LogP) is 5.02. The molecule has 0 bridgehead atoms. The Bertz CT molecular complexity index is 1360. The van der Waals surface area contributed by atoms with E-state index in [2.05, 4.69) is 15.3 Å². The molecule has 2 heterocycles. The van der Waals surface area contributed by atoms with Crippen molar-refractivity contribution in [1.82, 2.24) is 9.97 Å². The quantitative estimate of drug-likeness (QED) is 0.412. The van der Waals surface area contributed by atoms with Crippen molar-refractivity contribution in [2.24, 2.45) is 0 Å². The Morgan fingerprint density at radius 3 is 2.32 bits per heavy atom. The van der Waals surface area contributed by atoms with E-state index in [9.17, 15) is 9.59 Å². The SMILES string of the molecule is O=C(Nc1nc(-c2ccc3oc(=O)[nH]c3c2)cs1)C(c1ccccc1)c1ccccc1. The average molecular weight is 427 g/mol. The van der Waals surface area contributed by atoms with Crippen LogP contribution in [-0.2, 0) is 4.79 Å². The number of anilines is 1. The van der Waals surface area contributed by atoms with E-state index in [0.717, 1.165) is 16.7 Å². The number of amides is 1. The average Bonchev–Trinajstić information content (AvgIpc) is 3.40. The lowest BCUT2D eigenvalue weighted by atomic mass is 9.90. The largest absolute Gasteiger partial charge is 0.417 e. The van der Waals surface area contributed by atoms with Crippen LogP contribution in [0.4, 0.5) is 5.13 Å². The molecule has 152 valence electrons. The lowest BCUT2D eigenvalue weighted by molar-refractivity contribution is -0.116. The van der Waals surface area contributed by atoms with Crippen LogP contribution in [0, 0.1) is 0 Å². The Morgan fingerprint density at radius 2 is 1.65 bits per heavy atom. The molecule has 0 atom stereocenters. The summed E-state index contributed by atoms with van der Waals surface area (Å²) in [7, 11) is 0. The van der Waals surface area contributed by atoms with Crippen molar-refractivity contribution < 1.29 is 9.21 Å². The summed E-state index contributed by atoms with van der Waals surface area (Å²) in [6, 6.07) is 24.7. The van der Waals surface area contributed by atoms with Crippen molar-refractivity contribution in [3.05, 3.63) is 106 Å². The number of rotatable bonds is 5. The van der Waals surface area contributed by atoms with Crippen molar-refractivity contribution in [1.29, 1.82) is 0 Å². The second-order valence-corrected chi connectivity index (χ2v) is 7.87. The lowest BCUT2D eigenvalue weighted by Crippen LogP contribution is -2.22. The van der Waals surface area contributed by atoms with Gasteiger partial charge in [0, 0.05) is 10.9 Å². The van der Waals surface area contributed by atoms with Gasteiger partial charge in [0.1, 0.15) is 0 Å². The van der Waals surface area contributed by atoms with Crippen LogP contribution < -0.4 is 11.1 Å². The number of thiazole rings is 1. The Kier molecular flexibility index (Phi) is 4.93. The number of oxazole rings is 1. The Balaban J connectivity index is 1.42. The van der Waals surface area contributed by atoms with E-state index in [-0.39, 0.29) is 5.91 Å². The van der Waals surface area contributed by atoms with Gasteiger partial charge in [0.15, 0.2) is 10.7 Å². The molecular weight excluding hydrogens is 410 g/mol. The van der Waals surface area contributed by atoms with Crippen molar-refractivity contribution in [3.63, 3.8) is 0 Å². The molecule has 31 heavy (non-hydrogen) atoms. The summed E-state index contributed by atoms with van der Waals surface area (Å²) in [6.07, 6.45) is 0. The molecule has 6 nitrogen and oxygen atoms in total. The highest BCUT2D eigenvalue weighted by Crippen LogP contribution is 2.30. The molecule has 0 aliphatic heterocycles. The van der Waals surface area contributed by atoms with Gasteiger partial charge in [0.25, 0.3) is 0 Å². The fourth-order valence-electron chi connectivity index (χ4n) is 3.54. The maximum atomic E-state index is 13.2. The first-order valence-electron chi connectivity index (χ1n) is 9.67. The predicted molar refractivity (Wildman–Crippen MR) is 121 cm³/mol. The molecule has 0 fully saturated rings. The minimum absolute atomic E-state index is 0.145. The Labute approximate surface area is 181 Å². The number of carbonyl (C=O) groups is 1. The summed E-state index contributed by atoms with van der Waals surface area (Å²) >= 11 is 1.35. The number of nitrogens with one attached hydrogen (secondary N) is 2. The van der Waals surface area contributed by atoms with Gasteiger partial charge in [0.2, 0.25) is 5.91 Å². The van der Waals surface area contributed by atoms with Crippen molar-refractivity contribution in [3.8, 4) is 11.3 Å². The van der Waals surface area contributed by atoms with E-state index in [1.807, 2.05) is 72.1 Å². The number of benzene rings is 3. The standard InChI is InChI=1S/C24H17N3O3S/c28-22(21(15-7-3-1-4-8-15)16-9-5-2-6-10-16)27-23-25-19(14-31-23)17-11-12-20-18(13-17)26-24(29)30-20/h1-14,21H,(H,26,29)(H,25,27,28). The molecule has 5 aromatic rings. The number of aromatic amines is 1. The van der Waals surface area contributed by atoms with Gasteiger partial charge in [-0.25, -0.2) is 9.78 Å². The summed E-state index contributed by atoms with van der Waals surface area (Å²) < 4.78 is 5.04. The fourth-order valence-corrected chi connectivity index (χ4v) is 4.26. The zero-order valence-corrected chi connectivity index (χ0v) is 17.1. The molecule has 0 aliphatic rings. The minimum Gasteiger partial charge on any atom is -0.408 e. The van der Waals surface area contributed by atoms with Crippen molar-refractivity contribution >= 4 is 33.5 Å². The summed E-state index contributed by atoms with van der Waals surface area (Å²) in [6.45, 7) is 0. The molecule has 0 radical (unpaired) electrons. The molecule has 0 spiro atoms. The van der Waals surface area contributed by atoms with Crippen LogP contribution in [0.1, 0.15) is 17.0 Å². The smallest absolute Gasteiger partial charge is 0.408 e. The second-order valence-electron chi connectivity index (χ2n) is 7.01. The van der Waals surface area contributed by atoms with Gasteiger partial charge in [-0.1, -0.05) is 60.7 Å². The van der Waals surface area contributed by atoms with E-state index in [0.29, 0.717) is 21.9 Å². The number of fused-ring (bicyclic) bond motifs is 1. The Morgan fingerprint density at radius 1 is 0.968 bits per heavy atom. The third-order valence-electron chi connectivity index (χ3n) is 4.98. The highest BCUT2D eigenvalue weighted by Gasteiger charge is 2.23. The third-order valence-corrected chi connectivity index (χ3v) is 5.73. The first-order chi connectivity index (χ1) is 15.2. The highest BCUT2D eigenvalue weighted by atomic mass is 32.1. The van der Waals surface area contributed by atoms with Crippen LogP contribution in [0.5, 0.6) is 0 Å².